The Balaban J connectivity index is 1.47. The summed E-state index contributed by atoms with van der Waals surface area (Å²) in [6.07, 6.45) is 1.96. The normalized spacial score (nSPS) is 11.3. The molecule has 8 nitrogen and oxygen atoms in total. The third-order valence-electron chi connectivity index (χ3n) is 4.74. The third-order valence-corrected chi connectivity index (χ3v) is 4.74. The first-order valence-corrected chi connectivity index (χ1v) is 9.50. The summed E-state index contributed by atoms with van der Waals surface area (Å²) >= 11 is 0. The van der Waals surface area contributed by atoms with Crippen LogP contribution in [-0.4, -0.2) is 30.6 Å². The van der Waals surface area contributed by atoms with Gasteiger partial charge in [0.05, 0.1) is 6.42 Å². The molecule has 148 valence electrons. The number of hydrogen-bond donors (Lipinski definition) is 1. The molecule has 4 aromatic rings. The average Bonchev–Trinajstić information content (AvgIpc) is 3.35. The van der Waals surface area contributed by atoms with Gasteiger partial charge in [0, 0.05) is 24.2 Å². The first-order chi connectivity index (χ1) is 14.0. The van der Waals surface area contributed by atoms with E-state index >= 15 is 0 Å². The van der Waals surface area contributed by atoms with E-state index in [0.29, 0.717) is 29.7 Å². The van der Waals surface area contributed by atoms with Crippen LogP contribution in [0.5, 0.6) is 0 Å². The van der Waals surface area contributed by atoms with E-state index in [1.807, 2.05) is 63.4 Å². The van der Waals surface area contributed by atoms with E-state index in [1.165, 1.54) is 0 Å². The molecule has 3 aromatic heterocycles. The Bertz CT molecular complexity index is 1160. The Morgan fingerprint density at radius 2 is 2.03 bits per heavy atom. The zero-order valence-corrected chi connectivity index (χ0v) is 16.6. The summed E-state index contributed by atoms with van der Waals surface area (Å²) in [5.41, 5.74) is 3.63. The van der Waals surface area contributed by atoms with Gasteiger partial charge in [-0.15, -0.1) is 10.2 Å². The lowest BCUT2D eigenvalue weighted by Gasteiger charge is -2.07. The first kappa shape index (κ1) is 18.8. The van der Waals surface area contributed by atoms with Crippen LogP contribution in [0.25, 0.3) is 17.1 Å². The number of nitrogens with zero attached hydrogens (tertiary/aromatic N) is 5. The van der Waals surface area contributed by atoms with Gasteiger partial charge >= 0.3 is 0 Å². The molecular weight excluding hydrogens is 368 g/mol. The van der Waals surface area contributed by atoms with Crippen LogP contribution in [0.2, 0.25) is 0 Å². The molecule has 0 aliphatic rings. The first-order valence-electron chi connectivity index (χ1n) is 9.50. The summed E-state index contributed by atoms with van der Waals surface area (Å²) in [4.78, 5) is 16.8. The van der Waals surface area contributed by atoms with Gasteiger partial charge in [-0.2, -0.15) is 4.98 Å². The van der Waals surface area contributed by atoms with Crippen molar-refractivity contribution in [3.8, 4) is 11.5 Å². The fourth-order valence-corrected chi connectivity index (χ4v) is 2.99. The lowest BCUT2D eigenvalue weighted by Crippen LogP contribution is -2.25. The van der Waals surface area contributed by atoms with Gasteiger partial charge in [0.1, 0.15) is 5.82 Å². The highest BCUT2D eigenvalue weighted by atomic mass is 16.5. The fraction of sp³-hybridized carbons (Fsp3) is 0.286. The van der Waals surface area contributed by atoms with Crippen LogP contribution in [0.3, 0.4) is 0 Å². The number of pyridine rings is 1. The Labute approximate surface area is 168 Å². The molecule has 0 atom stereocenters. The van der Waals surface area contributed by atoms with Crippen molar-refractivity contribution >= 4 is 11.6 Å². The molecule has 0 spiro atoms. The molecule has 0 bridgehead atoms. The van der Waals surface area contributed by atoms with Crippen LogP contribution in [0, 0.1) is 6.92 Å². The number of aryl methyl sites for hydroxylation is 1. The Morgan fingerprint density at radius 3 is 2.79 bits per heavy atom. The minimum atomic E-state index is -0.106. The molecular formula is C21H22N6O2. The van der Waals surface area contributed by atoms with Crippen molar-refractivity contribution in [2.24, 2.45) is 0 Å². The van der Waals surface area contributed by atoms with E-state index in [1.54, 1.807) is 4.40 Å². The molecule has 8 heteroatoms. The quantitative estimate of drug-likeness (QED) is 0.543. The topological polar surface area (TPSA) is 98.2 Å². The summed E-state index contributed by atoms with van der Waals surface area (Å²) < 4.78 is 7.12. The Kier molecular flexibility index (Phi) is 5.07. The maximum atomic E-state index is 12.4. The number of carbonyl (C=O) groups excluding carboxylic acids is 1. The number of amides is 1. The van der Waals surface area contributed by atoms with Crippen LogP contribution in [0.1, 0.15) is 42.5 Å². The van der Waals surface area contributed by atoms with Gasteiger partial charge in [0.2, 0.25) is 5.91 Å². The molecule has 0 saturated heterocycles. The van der Waals surface area contributed by atoms with Gasteiger partial charge in [-0.05, 0) is 30.2 Å². The second-order valence-corrected chi connectivity index (χ2v) is 7.25. The lowest BCUT2D eigenvalue weighted by molar-refractivity contribution is -0.120. The zero-order valence-electron chi connectivity index (χ0n) is 16.6. The van der Waals surface area contributed by atoms with E-state index in [9.17, 15) is 4.79 Å². The predicted molar refractivity (Wildman–Crippen MR) is 107 cm³/mol. The van der Waals surface area contributed by atoms with E-state index in [0.717, 1.165) is 16.7 Å². The molecule has 4 rings (SSSR count). The maximum Gasteiger partial charge on any atom is 0.258 e. The van der Waals surface area contributed by atoms with E-state index < -0.39 is 0 Å². The Hall–Kier alpha value is -3.55. The largest absolute Gasteiger partial charge is 0.352 e. The molecule has 29 heavy (non-hydrogen) atoms. The highest BCUT2D eigenvalue weighted by molar-refractivity contribution is 5.78. The molecule has 0 fully saturated rings. The van der Waals surface area contributed by atoms with E-state index in [-0.39, 0.29) is 18.2 Å². The Morgan fingerprint density at radius 1 is 1.21 bits per heavy atom. The summed E-state index contributed by atoms with van der Waals surface area (Å²) in [5.74, 6) is 1.76. The monoisotopic (exact) mass is 390 g/mol. The second-order valence-electron chi connectivity index (χ2n) is 7.25. The van der Waals surface area contributed by atoms with Crippen LogP contribution >= 0.6 is 0 Å². The highest BCUT2D eigenvalue weighted by Gasteiger charge is 2.15. The number of benzene rings is 1. The number of aromatic nitrogens is 5. The average molecular weight is 390 g/mol. The summed E-state index contributed by atoms with van der Waals surface area (Å²) in [5, 5.41) is 15.3. The van der Waals surface area contributed by atoms with E-state index in [4.69, 9.17) is 4.52 Å². The molecule has 0 radical (unpaired) electrons. The number of hydrogen-bond acceptors (Lipinski definition) is 6. The SMILES string of the molecule is Cc1ccccc1CNC(=O)Cc1nnc2cc(-c3nc(C(C)C)no3)ccn12. The summed E-state index contributed by atoms with van der Waals surface area (Å²) in [6.45, 7) is 6.53. The van der Waals surface area contributed by atoms with Crippen molar-refractivity contribution in [2.45, 2.75) is 39.7 Å². The maximum absolute atomic E-state index is 12.4. The molecule has 1 amide bonds. The van der Waals surface area contributed by atoms with Crippen LogP contribution in [0.15, 0.2) is 47.1 Å². The van der Waals surface area contributed by atoms with Crippen molar-refractivity contribution in [1.29, 1.82) is 0 Å². The molecule has 0 saturated carbocycles. The third kappa shape index (κ3) is 4.01. The number of carbonyl (C=O) groups is 1. The van der Waals surface area contributed by atoms with Crippen molar-refractivity contribution < 1.29 is 9.32 Å². The zero-order chi connectivity index (χ0) is 20.4. The van der Waals surface area contributed by atoms with Gasteiger partial charge in [0.15, 0.2) is 11.5 Å². The van der Waals surface area contributed by atoms with Crippen LogP contribution in [-0.2, 0) is 17.8 Å². The highest BCUT2D eigenvalue weighted by Crippen LogP contribution is 2.21. The number of fused-ring (bicyclic) bond motifs is 1. The summed E-state index contributed by atoms with van der Waals surface area (Å²) in [6, 6.07) is 11.6. The van der Waals surface area contributed by atoms with Gasteiger partial charge in [-0.25, -0.2) is 0 Å². The molecule has 0 unspecified atom stereocenters. The van der Waals surface area contributed by atoms with Crippen molar-refractivity contribution in [1.82, 2.24) is 30.1 Å². The minimum absolute atomic E-state index is 0.106. The van der Waals surface area contributed by atoms with Gasteiger partial charge in [-0.3, -0.25) is 9.20 Å². The molecule has 0 aliphatic carbocycles. The molecule has 0 aliphatic heterocycles. The molecule has 1 aromatic carbocycles. The smallest absolute Gasteiger partial charge is 0.258 e. The molecule has 1 N–H and O–H groups in total. The van der Waals surface area contributed by atoms with Crippen molar-refractivity contribution in [2.75, 3.05) is 0 Å². The van der Waals surface area contributed by atoms with E-state index in [2.05, 4.69) is 25.7 Å². The molecule has 3 heterocycles. The van der Waals surface area contributed by atoms with Crippen molar-refractivity contribution in [3.05, 3.63) is 65.4 Å². The summed E-state index contributed by atoms with van der Waals surface area (Å²) in [7, 11) is 0. The van der Waals surface area contributed by atoms with Crippen LogP contribution in [0.4, 0.5) is 0 Å². The van der Waals surface area contributed by atoms with Gasteiger partial charge < -0.3 is 9.84 Å². The van der Waals surface area contributed by atoms with Crippen LogP contribution < -0.4 is 5.32 Å². The number of nitrogens with one attached hydrogen (secondary N) is 1. The van der Waals surface area contributed by atoms with Gasteiger partial charge in [-0.1, -0.05) is 43.3 Å². The fourth-order valence-electron chi connectivity index (χ4n) is 2.99. The lowest BCUT2D eigenvalue weighted by atomic mass is 10.1. The standard InChI is InChI=1S/C21H22N6O2/c1-13(2)20-23-21(29-26-20)15-8-9-27-17(10-15)24-25-18(27)11-19(28)22-12-16-7-5-4-6-14(16)3/h4-10,13H,11-12H2,1-3H3,(H,22,28). The second kappa shape index (κ2) is 7.83. The van der Waals surface area contributed by atoms with Crippen molar-refractivity contribution in [3.63, 3.8) is 0 Å². The number of rotatable bonds is 6. The minimum Gasteiger partial charge on any atom is -0.352 e. The van der Waals surface area contributed by atoms with Gasteiger partial charge in [0.25, 0.3) is 5.89 Å². The predicted octanol–water partition coefficient (Wildman–Crippen LogP) is 3.07.